The van der Waals surface area contributed by atoms with E-state index in [1.165, 1.54) is 18.4 Å². The summed E-state index contributed by atoms with van der Waals surface area (Å²) >= 11 is 7.85. The van der Waals surface area contributed by atoms with Gasteiger partial charge in [0.25, 0.3) is 0 Å². The molecule has 1 aromatic heterocycles. The zero-order valence-corrected chi connectivity index (χ0v) is 9.13. The van der Waals surface area contributed by atoms with Crippen LogP contribution in [0.5, 0.6) is 0 Å². The van der Waals surface area contributed by atoms with Crippen LogP contribution in [-0.2, 0) is 5.41 Å². The summed E-state index contributed by atoms with van der Waals surface area (Å²) in [6, 6.07) is 2.63. The van der Waals surface area contributed by atoms with Crippen molar-refractivity contribution in [3.63, 3.8) is 0 Å². The minimum atomic E-state index is 0.486. The fourth-order valence-electron chi connectivity index (χ4n) is 2.20. The highest BCUT2D eigenvalue weighted by molar-refractivity contribution is 7.16. The van der Waals surface area contributed by atoms with E-state index < -0.39 is 0 Å². The average Bonchev–Trinajstić information content (AvgIpc) is 2.76. The number of hydrogen-bond acceptors (Lipinski definition) is 2. The summed E-state index contributed by atoms with van der Waals surface area (Å²) in [5.41, 5.74) is 1.93. The van der Waals surface area contributed by atoms with Crippen LogP contribution in [0.1, 0.15) is 36.2 Å². The molecule has 1 saturated carbocycles. The van der Waals surface area contributed by atoms with E-state index in [0.717, 1.165) is 10.9 Å². The maximum Gasteiger partial charge on any atom is 0.0934 e. The Morgan fingerprint density at radius 3 is 3.08 bits per heavy atom. The van der Waals surface area contributed by atoms with Crippen LogP contribution >= 0.6 is 22.9 Å². The molecule has 1 nitrogen and oxygen atoms in total. The predicted octanol–water partition coefficient (Wildman–Crippen LogP) is 3.10. The maximum atomic E-state index is 6.06. The molecule has 1 unspecified atom stereocenters. The highest BCUT2D eigenvalue weighted by atomic mass is 35.5. The molecule has 1 N–H and O–H groups in total. The molecule has 2 aliphatic rings. The molecular weight excluding hydrogens is 202 g/mol. The van der Waals surface area contributed by atoms with E-state index in [0.29, 0.717) is 11.5 Å². The molecule has 1 aliphatic carbocycles. The zero-order valence-electron chi connectivity index (χ0n) is 7.56. The molecule has 70 valence electrons. The molecule has 1 aromatic rings. The molecule has 13 heavy (non-hydrogen) atoms. The van der Waals surface area contributed by atoms with Crippen LogP contribution in [0.25, 0.3) is 0 Å². The molecule has 0 saturated heterocycles. The standard InChI is InChI=1S/C10H12ClNS/c1-6-7-4-8(11)13-9(7)10(2-3-10)5-12-6/h4,6,12H,2-3,5H2,1H3. The zero-order chi connectivity index (χ0) is 9.05. The van der Waals surface area contributed by atoms with E-state index in [1.54, 1.807) is 16.2 Å². The summed E-state index contributed by atoms with van der Waals surface area (Å²) in [5.74, 6) is 0. The Morgan fingerprint density at radius 1 is 1.62 bits per heavy atom. The Labute approximate surface area is 87.1 Å². The molecule has 3 rings (SSSR count). The lowest BCUT2D eigenvalue weighted by molar-refractivity contribution is 0.474. The molecule has 0 radical (unpaired) electrons. The van der Waals surface area contributed by atoms with Gasteiger partial charge in [0, 0.05) is 22.9 Å². The summed E-state index contributed by atoms with van der Waals surface area (Å²) in [5, 5.41) is 3.55. The van der Waals surface area contributed by atoms with Crippen LogP contribution in [0.3, 0.4) is 0 Å². The van der Waals surface area contributed by atoms with Crippen molar-refractivity contribution < 1.29 is 0 Å². The van der Waals surface area contributed by atoms with E-state index >= 15 is 0 Å². The third-order valence-electron chi connectivity index (χ3n) is 3.28. The fourth-order valence-corrected chi connectivity index (χ4v) is 3.78. The van der Waals surface area contributed by atoms with Gasteiger partial charge in [-0.2, -0.15) is 0 Å². The van der Waals surface area contributed by atoms with Gasteiger partial charge in [0.15, 0.2) is 0 Å². The van der Waals surface area contributed by atoms with Gasteiger partial charge in [-0.25, -0.2) is 0 Å². The van der Waals surface area contributed by atoms with Crippen LogP contribution in [-0.4, -0.2) is 6.54 Å². The highest BCUT2D eigenvalue weighted by Gasteiger charge is 2.49. The number of thiophene rings is 1. The van der Waals surface area contributed by atoms with Gasteiger partial charge in [0.05, 0.1) is 4.34 Å². The van der Waals surface area contributed by atoms with E-state index in [2.05, 4.69) is 18.3 Å². The Balaban J connectivity index is 2.16. The number of halogens is 1. The van der Waals surface area contributed by atoms with Gasteiger partial charge in [0.2, 0.25) is 0 Å². The summed E-state index contributed by atoms with van der Waals surface area (Å²) in [6.07, 6.45) is 2.69. The largest absolute Gasteiger partial charge is 0.309 e. The number of hydrogen-bond donors (Lipinski definition) is 1. The lowest BCUT2D eigenvalue weighted by Gasteiger charge is -2.27. The van der Waals surface area contributed by atoms with Crippen molar-refractivity contribution in [2.24, 2.45) is 0 Å². The molecule has 1 atom stereocenters. The third-order valence-corrected chi connectivity index (χ3v) is 4.81. The van der Waals surface area contributed by atoms with Crippen LogP contribution < -0.4 is 5.32 Å². The minimum Gasteiger partial charge on any atom is -0.309 e. The second-order valence-electron chi connectivity index (χ2n) is 4.22. The summed E-state index contributed by atoms with van der Waals surface area (Å²) in [6.45, 7) is 3.37. The molecule has 1 aliphatic heterocycles. The second-order valence-corrected chi connectivity index (χ2v) is 5.90. The smallest absolute Gasteiger partial charge is 0.0934 e. The first kappa shape index (κ1) is 8.27. The van der Waals surface area contributed by atoms with Crippen LogP contribution in [0.2, 0.25) is 4.34 Å². The van der Waals surface area contributed by atoms with Crippen molar-refractivity contribution in [3.05, 3.63) is 20.8 Å². The number of nitrogens with one attached hydrogen (secondary N) is 1. The van der Waals surface area contributed by atoms with Gasteiger partial charge in [-0.15, -0.1) is 11.3 Å². The number of fused-ring (bicyclic) bond motifs is 2. The second kappa shape index (κ2) is 2.50. The van der Waals surface area contributed by atoms with Crippen molar-refractivity contribution in [2.75, 3.05) is 6.54 Å². The molecule has 0 bridgehead atoms. The number of rotatable bonds is 0. The Bertz CT molecular complexity index is 354. The van der Waals surface area contributed by atoms with Gasteiger partial charge >= 0.3 is 0 Å². The van der Waals surface area contributed by atoms with Crippen molar-refractivity contribution >= 4 is 22.9 Å². The maximum absolute atomic E-state index is 6.06. The molecule has 1 fully saturated rings. The predicted molar refractivity (Wildman–Crippen MR) is 56.7 cm³/mol. The third kappa shape index (κ3) is 1.09. The highest BCUT2D eigenvalue weighted by Crippen LogP contribution is 2.55. The molecule has 1 spiro atoms. The van der Waals surface area contributed by atoms with E-state index in [9.17, 15) is 0 Å². The topological polar surface area (TPSA) is 12.0 Å². The SMILES string of the molecule is CC1NCC2(CC2)c2sc(Cl)cc21. The average molecular weight is 214 g/mol. The van der Waals surface area contributed by atoms with Crippen LogP contribution in [0.4, 0.5) is 0 Å². The Kier molecular flexibility index (Phi) is 1.59. The first-order valence-corrected chi connectivity index (χ1v) is 5.94. The van der Waals surface area contributed by atoms with Gasteiger partial charge in [-0.05, 0) is 31.4 Å². The van der Waals surface area contributed by atoms with E-state index in [4.69, 9.17) is 11.6 Å². The lowest BCUT2D eigenvalue weighted by Crippen LogP contribution is -2.34. The fraction of sp³-hybridized carbons (Fsp3) is 0.600. The van der Waals surface area contributed by atoms with E-state index in [-0.39, 0.29) is 0 Å². The van der Waals surface area contributed by atoms with Gasteiger partial charge in [-0.1, -0.05) is 11.6 Å². The van der Waals surface area contributed by atoms with E-state index in [1.807, 2.05) is 0 Å². The molecule has 2 heterocycles. The molecule has 0 amide bonds. The first-order valence-electron chi connectivity index (χ1n) is 4.74. The van der Waals surface area contributed by atoms with Gasteiger partial charge in [-0.3, -0.25) is 0 Å². The minimum absolute atomic E-state index is 0.486. The van der Waals surface area contributed by atoms with Crippen molar-refractivity contribution in [2.45, 2.75) is 31.2 Å². The van der Waals surface area contributed by atoms with Crippen molar-refractivity contribution in [1.29, 1.82) is 0 Å². The quantitative estimate of drug-likeness (QED) is 0.699. The summed E-state index contributed by atoms with van der Waals surface area (Å²) < 4.78 is 0.951. The molecule has 3 heteroatoms. The van der Waals surface area contributed by atoms with Gasteiger partial charge < -0.3 is 5.32 Å². The molecule has 0 aromatic carbocycles. The van der Waals surface area contributed by atoms with Gasteiger partial charge in [0.1, 0.15) is 0 Å². The molecular formula is C10H12ClNS. The van der Waals surface area contributed by atoms with Crippen LogP contribution in [0.15, 0.2) is 6.07 Å². The van der Waals surface area contributed by atoms with Crippen LogP contribution in [0, 0.1) is 0 Å². The van der Waals surface area contributed by atoms with Crippen molar-refractivity contribution in [1.82, 2.24) is 5.32 Å². The Hall–Kier alpha value is -0.0500. The first-order chi connectivity index (χ1) is 6.21. The monoisotopic (exact) mass is 213 g/mol. The van der Waals surface area contributed by atoms with Crippen molar-refractivity contribution in [3.8, 4) is 0 Å². The lowest BCUT2D eigenvalue weighted by atomic mass is 9.93. The Morgan fingerprint density at radius 2 is 2.38 bits per heavy atom. The normalized spacial score (nSPS) is 28.9. The summed E-state index contributed by atoms with van der Waals surface area (Å²) in [7, 11) is 0. The summed E-state index contributed by atoms with van der Waals surface area (Å²) in [4.78, 5) is 1.56.